The van der Waals surface area contributed by atoms with Crippen LogP contribution in [-0.4, -0.2) is 66.5 Å². The third kappa shape index (κ3) is 9.60. The summed E-state index contributed by atoms with van der Waals surface area (Å²) in [6.45, 7) is 3.13. The molecule has 12 heteroatoms. The normalized spacial score (nSPS) is 11.1. The fourth-order valence-electron chi connectivity index (χ4n) is 3.51. The molecular formula is C26H32Cl2N6O4. The van der Waals surface area contributed by atoms with Gasteiger partial charge in [-0.25, -0.2) is 9.97 Å². The van der Waals surface area contributed by atoms with E-state index >= 15 is 0 Å². The van der Waals surface area contributed by atoms with E-state index in [0.717, 1.165) is 37.9 Å². The number of halogens is 2. The van der Waals surface area contributed by atoms with Crippen molar-refractivity contribution in [2.75, 3.05) is 50.9 Å². The van der Waals surface area contributed by atoms with E-state index in [1.54, 1.807) is 24.3 Å². The van der Waals surface area contributed by atoms with Crippen LogP contribution in [0, 0.1) is 0 Å². The number of nitrogen functional groups attached to an aromatic ring is 1. The summed E-state index contributed by atoms with van der Waals surface area (Å²) in [5, 5.41) is 6.59. The molecular weight excluding hydrogens is 531 g/mol. The summed E-state index contributed by atoms with van der Waals surface area (Å²) in [6.07, 6.45) is 3.95. The highest BCUT2D eigenvalue weighted by molar-refractivity contribution is 6.32. The van der Waals surface area contributed by atoms with Crippen LogP contribution in [0.4, 0.5) is 11.6 Å². The number of nitrogens with two attached hydrogens (primary N) is 1. The van der Waals surface area contributed by atoms with Crippen LogP contribution in [0.3, 0.4) is 0 Å². The lowest BCUT2D eigenvalue weighted by Gasteiger charge is -2.16. The third-order valence-corrected chi connectivity index (χ3v) is 6.09. The SMILES string of the molecule is CN(CCCCNC(=O)c1nc(Cl)c(NCc2ccc(Cl)cc2)nc1N)CCCOCC(=O)c1ccco1. The lowest BCUT2D eigenvalue weighted by Crippen LogP contribution is -2.28. The highest BCUT2D eigenvalue weighted by atomic mass is 35.5. The maximum Gasteiger partial charge on any atom is 0.273 e. The molecule has 3 aromatic rings. The molecule has 3 rings (SSSR count). The van der Waals surface area contributed by atoms with E-state index < -0.39 is 5.91 Å². The Morgan fingerprint density at radius 2 is 1.84 bits per heavy atom. The molecule has 2 aromatic heterocycles. The maximum atomic E-state index is 12.5. The number of nitrogens with one attached hydrogen (secondary N) is 2. The number of nitrogens with zero attached hydrogens (tertiary/aromatic N) is 3. The minimum absolute atomic E-state index is 0.00156. The number of furan rings is 1. The number of hydrogen-bond acceptors (Lipinski definition) is 9. The molecule has 0 bridgehead atoms. The lowest BCUT2D eigenvalue weighted by atomic mass is 10.2. The number of carbonyl (C=O) groups excluding carboxylic acids is 2. The number of benzene rings is 1. The zero-order valence-electron chi connectivity index (χ0n) is 21.2. The van der Waals surface area contributed by atoms with E-state index in [9.17, 15) is 9.59 Å². The molecule has 204 valence electrons. The van der Waals surface area contributed by atoms with Gasteiger partial charge in [0.15, 0.2) is 28.2 Å². The van der Waals surface area contributed by atoms with Gasteiger partial charge in [0.05, 0.1) is 6.26 Å². The van der Waals surface area contributed by atoms with E-state index in [0.29, 0.717) is 36.3 Å². The van der Waals surface area contributed by atoms with Gasteiger partial charge in [-0.05, 0) is 62.7 Å². The zero-order valence-corrected chi connectivity index (χ0v) is 22.7. The number of hydrogen-bond donors (Lipinski definition) is 3. The smallest absolute Gasteiger partial charge is 0.273 e. The summed E-state index contributed by atoms with van der Waals surface area (Å²) in [6, 6.07) is 10.6. The van der Waals surface area contributed by atoms with Gasteiger partial charge in [-0.2, -0.15) is 0 Å². The predicted molar refractivity (Wildman–Crippen MR) is 148 cm³/mol. The van der Waals surface area contributed by atoms with Gasteiger partial charge in [0.25, 0.3) is 5.91 Å². The summed E-state index contributed by atoms with van der Waals surface area (Å²) in [5.41, 5.74) is 6.94. The number of aromatic nitrogens is 2. The van der Waals surface area contributed by atoms with Crippen molar-refractivity contribution in [3.05, 3.63) is 69.9 Å². The second-order valence-electron chi connectivity index (χ2n) is 8.65. The fourth-order valence-corrected chi connectivity index (χ4v) is 3.83. The molecule has 2 heterocycles. The van der Waals surface area contributed by atoms with Crippen molar-refractivity contribution in [2.24, 2.45) is 0 Å². The lowest BCUT2D eigenvalue weighted by molar-refractivity contribution is 0.0716. The second kappa shape index (κ2) is 15.3. The van der Waals surface area contributed by atoms with Gasteiger partial charge in [-0.1, -0.05) is 35.3 Å². The molecule has 0 saturated heterocycles. The topological polar surface area (TPSA) is 136 Å². The number of amides is 1. The molecule has 1 aromatic carbocycles. The highest BCUT2D eigenvalue weighted by Crippen LogP contribution is 2.21. The van der Waals surface area contributed by atoms with Crippen molar-refractivity contribution in [3.8, 4) is 0 Å². The average molecular weight is 563 g/mol. The van der Waals surface area contributed by atoms with Crippen LogP contribution < -0.4 is 16.4 Å². The van der Waals surface area contributed by atoms with E-state index in [-0.39, 0.29) is 29.1 Å². The molecule has 10 nitrogen and oxygen atoms in total. The van der Waals surface area contributed by atoms with Crippen molar-refractivity contribution >= 4 is 46.5 Å². The first-order chi connectivity index (χ1) is 18.3. The number of Topliss-reactive ketones (excluding diaryl/α,β-unsaturated/α-hetero) is 1. The minimum atomic E-state index is -0.421. The van der Waals surface area contributed by atoms with Crippen LogP contribution in [-0.2, 0) is 11.3 Å². The molecule has 1 amide bonds. The van der Waals surface area contributed by atoms with Crippen molar-refractivity contribution in [2.45, 2.75) is 25.8 Å². The Morgan fingerprint density at radius 1 is 1.08 bits per heavy atom. The Bertz CT molecular complexity index is 1180. The minimum Gasteiger partial charge on any atom is -0.461 e. The molecule has 0 unspecified atom stereocenters. The van der Waals surface area contributed by atoms with Gasteiger partial charge in [0, 0.05) is 31.3 Å². The molecule has 0 atom stereocenters. The summed E-state index contributed by atoms with van der Waals surface area (Å²) < 4.78 is 10.5. The fraction of sp³-hybridized carbons (Fsp3) is 0.385. The van der Waals surface area contributed by atoms with Crippen molar-refractivity contribution in [1.29, 1.82) is 0 Å². The Balaban J connectivity index is 1.29. The molecule has 0 aliphatic heterocycles. The van der Waals surface area contributed by atoms with Crippen molar-refractivity contribution in [1.82, 2.24) is 20.2 Å². The molecule has 0 saturated carbocycles. The monoisotopic (exact) mass is 562 g/mol. The van der Waals surface area contributed by atoms with Crippen LogP contribution in [0.5, 0.6) is 0 Å². The number of ether oxygens (including phenoxy) is 1. The third-order valence-electron chi connectivity index (χ3n) is 5.58. The molecule has 0 fully saturated rings. The van der Waals surface area contributed by atoms with Crippen molar-refractivity contribution < 1.29 is 18.7 Å². The van der Waals surface area contributed by atoms with Crippen LogP contribution in [0.15, 0.2) is 47.1 Å². The van der Waals surface area contributed by atoms with Crippen LogP contribution >= 0.6 is 23.2 Å². The quantitative estimate of drug-likeness (QED) is 0.172. The first kappa shape index (κ1) is 29.4. The van der Waals surface area contributed by atoms with Gasteiger partial charge in [-0.15, -0.1) is 0 Å². The number of anilines is 2. The summed E-state index contributed by atoms with van der Waals surface area (Å²) in [7, 11) is 2.02. The van der Waals surface area contributed by atoms with Crippen LogP contribution in [0.2, 0.25) is 10.2 Å². The molecule has 0 aliphatic rings. The molecule has 0 spiro atoms. The van der Waals surface area contributed by atoms with E-state index in [1.807, 2.05) is 19.2 Å². The number of rotatable bonds is 16. The van der Waals surface area contributed by atoms with Crippen LogP contribution in [0.1, 0.15) is 45.9 Å². The average Bonchev–Trinajstić information content (AvgIpc) is 3.44. The predicted octanol–water partition coefficient (Wildman–Crippen LogP) is 4.30. The Morgan fingerprint density at radius 3 is 2.58 bits per heavy atom. The van der Waals surface area contributed by atoms with Crippen molar-refractivity contribution in [3.63, 3.8) is 0 Å². The van der Waals surface area contributed by atoms with E-state index in [4.69, 9.17) is 38.1 Å². The molecule has 38 heavy (non-hydrogen) atoms. The van der Waals surface area contributed by atoms with Gasteiger partial charge in [-0.3, -0.25) is 9.59 Å². The van der Waals surface area contributed by atoms with E-state index in [1.165, 1.54) is 6.26 Å². The molecule has 4 N–H and O–H groups in total. The van der Waals surface area contributed by atoms with Gasteiger partial charge < -0.3 is 30.4 Å². The Hall–Kier alpha value is -3.18. The largest absolute Gasteiger partial charge is 0.461 e. The maximum absolute atomic E-state index is 12.5. The van der Waals surface area contributed by atoms with Gasteiger partial charge >= 0.3 is 0 Å². The number of ketones is 1. The standard InChI is InChI=1S/C26H32Cl2N6O4/c1-34(13-5-14-37-17-20(35)21-6-4-15-38-21)12-3-2-11-30-26(36)22-24(29)33-25(23(28)32-22)31-16-18-7-9-19(27)10-8-18/h4,6-10,15H,2-3,5,11-14,16-17H2,1H3,(H,30,36)(H3,29,31,33). The summed E-state index contributed by atoms with van der Waals surface area (Å²) in [4.78, 5) is 34.8. The zero-order chi connectivity index (χ0) is 27.3. The van der Waals surface area contributed by atoms with Gasteiger partial charge in [0.1, 0.15) is 6.61 Å². The Labute approximate surface area is 231 Å². The van der Waals surface area contributed by atoms with E-state index in [2.05, 4.69) is 25.5 Å². The Kier molecular flexibility index (Phi) is 11.8. The number of unbranched alkanes of at least 4 members (excludes halogenated alkanes) is 1. The van der Waals surface area contributed by atoms with Gasteiger partial charge in [0.2, 0.25) is 5.78 Å². The van der Waals surface area contributed by atoms with Crippen LogP contribution in [0.25, 0.3) is 0 Å². The molecule has 0 aliphatic carbocycles. The summed E-state index contributed by atoms with van der Waals surface area (Å²) >= 11 is 12.1. The number of carbonyl (C=O) groups is 2. The second-order valence-corrected chi connectivity index (χ2v) is 9.44. The highest BCUT2D eigenvalue weighted by Gasteiger charge is 2.17. The first-order valence-corrected chi connectivity index (χ1v) is 13.0. The molecule has 0 radical (unpaired) electrons. The summed E-state index contributed by atoms with van der Waals surface area (Å²) in [5.74, 6) is 0.0239. The first-order valence-electron chi connectivity index (χ1n) is 12.3.